The number of alkyl halides is 4. The summed E-state index contributed by atoms with van der Waals surface area (Å²) in [5.41, 5.74) is -3.42. The number of rotatable bonds is 7. The van der Waals surface area contributed by atoms with Gasteiger partial charge in [0, 0.05) is 19.2 Å². The monoisotopic (exact) mass is 458 g/mol. The number of carbonyl (C=O) groups is 1. The van der Waals surface area contributed by atoms with Gasteiger partial charge in [-0.1, -0.05) is 5.16 Å². The molecule has 2 aromatic rings. The van der Waals surface area contributed by atoms with Crippen molar-refractivity contribution < 1.29 is 36.4 Å². The molecule has 8 nitrogen and oxygen atoms in total. The highest BCUT2D eigenvalue weighted by atomic mass is 19.4. The van der Waals surface area contributed by atoms with Crippen molar-refractivity contribution >= 4 is 5.91 Å². The van der Waals surface area contributed by atoms with Crippen molar-refractivity contribution in [1.29, 1.82) is 0 Å². The number of nitrogens with zero attached hydrogens (tertiary/aromatic N) is 3. The van der Waals surface area contributed by atoms with Gasteiger partial charge in [0.15, 0.2) is 17.6 Å². The molecule has 0 aromatic carbocycles. The molecule has 12 heteroatoms. The van der Waals surface area contributed by atoms with Gasteiger partial charge < -0.3 is 19.3 Å². The van der Waals surface area contributed by atoms with Crippen molar-refractivity contribution in [3.05, 3.63) is 35.2 Å². The Labute approximate surface area is 180 Å². The Morgan fingerprint density at radius 3 is 2.53 bits per heavy atom. The van der Waals surface area contributed by atoms with Gasteiger partial charge in [-0.3, -0.25) is 9.78 Å². The van der Waals surface area contributed by atoms with Crippen LogP contribution < -0.4 is 10.1 Å². The summed E-state index contributed by atoms with van der Waals surface area (Å²) in [4.78, 5) is 21.2. The molecule has 1 aliphatic carbocycles. The van der Waals surface area contributed by atoms with Crippen LogP contribution in [0.2, 0.25) is 0 Å². The van der Waals surface area contributed by atoms with Gasteiger partial charge in [0.1, 0.15) is 17.0 Å². The standard InChI is InChI=1S/C20H22F4N4O4/c1-10(20(22,23)24)31-15-6-14(25-7-13(15)19(21)8-30-9-19)16(29)27-18(3,12-4-5-12)17-26-11(2)32-28-17/h6-7,10,12H,4-5,8-9H2,1-3H3,(H,27,29). The lowest BCUT2D eigenvalue weighted by Gasteiger charge is -2.35. The zero-order valence-electron chi connectivity index (χ0n) is 17.6. The fraction of sp³-hybridized carbons (Fsp3) is 0.600. The van der Waals surface area contributed by atoms with Crippen LogP contribution in [-0.4, -0.2) is 46.5 Å². The molecular weight excluding hydrogens is 436 g/mol. The Bertz CT molecular complexity index is 1020. The van der Waals surface area contributed by atoms with Crippen LogP contribution in [0.25, 0.3) is 0 Å². The third-order valence-corrected chi connectivity index (χ3v) is 5.77. The van der Waals surface area contributed by atoms with Crippen LogP contribution in [0.1, 0.15) is 54.5 Å². The molecule has 2 fully saturated rings. The molecule has 0 spiro atoms. The van der Waals surface area contributed by atoms with E-state index in [1.165, 1.54) is 0 Å². The number of ether oxygens (including phenoxy) is 2. The minimum Gasteiger partial charge on any atom is -0.481 e. The Morgan fingerprint density at radius 2 is 2.03 bits per heavy atom. The van der Waals surface area contributed by atoms with Crippen LogP contribution >= 0.6 is 0 Å². The molecule has 2 atom stereocenters. The first-order chi connectivity index (χ1) is 14.9. The molecule has 32 heavy (non-hydrogen) atoms. The molecule has 1 amide bonds. The molecule has 3 heterocycles. The van der Waals surface area contributed by atoms with Gasteiger partial charge in [0.25, 0.3) is 5.91 Å². The topological polar surface area (TPSA) is 99.4 Å². The first kappa shape index (κ1) is 22.4. The number of pyridine rings is 1. The Hall–Kier alpha value is -2.76. The van der Waals surface area contributed by atoms with Crippen LogP contribution in [0, 0.1) is 12.8 Å². The van der Waals surface area contributed by atoms with Crippen molar-refractivity contribution in [3.63, 3.8) is 0 Å². The van der Waals surface area contributed by atoms with E-state index in [4.69, 9.17) is 14.0 Å². The van der Waals surface area contributed by atoms with E-state index < -0.39 is 35.1 Å². The molecule has 1 aliphatic heterocycles. The number of halogens is 4. The maximum atomic E-state index is 14.9. The SMILES string of the molecule is Cc1nc(C(C)(NC(=O)c2cc(OC(C)C(F)(F)F)c(C3(F)COC3)cn2)C2CC2)no1. The van der Waals surface area contributed by atoms with E-state index in [0.29, 0.717) is 11.7 Å². The highest BCUT2D eigenvalue weighted by molar-refractivity contribution is 5.93. The van der Waals surface area contributed by atoms with Gasteiger partial charge in [-0.15, -0.1) is 0 Å². The number of hydrogen-bond acceptors (Lipinski definition) is 7. The number of hydrogen-bond donors (Lipinski definition) is 1. The third-order valence-electron chi connectivity index (χ3n) is 5.77. The van der Waals surface area contributed by atoms with E-state index in [0.717, 1.165) is 32.0 Å². The van der Waals surface area contributed by atoms with E-state index in [2.05, 4.69) is 20.4 Å². The summed E-state index contributed by atoms with van der Waals surface area (Å²) in [5, 5.41) is 6.73. The molecule has 1 N–H and O–H groups in total. The second kappa shape index (κ2) is 7.68. The summed E-state index contributed by atoms with van der Waals surface area (Å²) >= 11 is 0. The highest BCUT2D eigenvalue weighted by Gasteiger charge is 2.48. The average molecular weight is 458 g/mol. The third kappa shape index (κ3) is 4.15. The highest BCUT2D eigenvalue weighted by Crippen LogP contribution is 2.45. The number of carbonyl (C=O) groups excluding carboxylic acids is 1. The maximum Gasteiger partial charge on any atom is 0.425 e. The van der Waals surface area contributed by atoms with Crippen LogP contribution in [0.3, 0.4) is 0 Å². The number of nitrogens with one attached hydrogen (secondary N) is 1. The van der Waals surface area contributed by atoms with Gasteiger partial charge >= 0.3 is 6.18 Å². The van der Waals surface area contributed by atoms with Gasteiger partial charge in [-0.2, -0.15) is 18.2 Å². The first-order valence-corrected chi connectivity index (χ1v) is 10.1. The smallest absolute Gasteiger partial charge is 0.425 e. The average Bonchev–Trinajstić information content (AvgIpc) is 3.46. The fourth-order valence-corrected chi connectivity index (χ4v) is 3.50. The van der Waals surface area contributed by atoms with Gasteiger partial charge in [-0.05, 0) is 32.6 Å². The van der Waals surface area contributed by atoms with Gasteiger partial charge in [-0.25, -0.2) is 4.39 Å². The molecule has 0 radical (unpaired) electrons. The summed E-state index contributed by atoms with van der Waals surface area (Å²) in [6.07, 6.45) is -4.22. The van der Waals surface area contributed by atoms with Crippen LogP contribution in [0.5, 0.6) is 5.75 Å². The molecule has 2 aliphatic rings. The summed E-state index contributed by atoms with van der Waals surface area (Å²) in [7, 11) is 0. The van der Waals surface area contributed by atoms with E-state index in [1.807, 2.05) is 0 Å². The normalized spacial score (nSPS) is 20.7. The van der Waals surface area contributed by atoms with E-state index in [-0.39, 0.29) is 30.4 Å². The summed E-state index contributed by atoms with van der Waals surface area (Å²) in [6.45, 7) is 3.48. The van der Waals surface area contributed by atoms with E-state index in [9.17, 15) is 22.4 Å². The maximum absolute atomic E-state index is 14.9. The van der Waals surface area contributed by atoms with E-state index >= 15 is 0 Å². The van der Waals surface area contributed by atoms with Crippen molar-refractivity contribution in [2.75, 3.05) is 13.2 Å². The first-order valence-electron chi connectivity index (χ1n) is 10.1. The van der Waals surface area contributed by atoms with Crippen molar-refractivity contribution in [1.82, 2.24) is 20.4 Å². The van der Waals surface area contributed by atoms with E-state index in [1.54, 1.807) is 13.8 Å². The van der Waals surface area contributed by atoms with Crippen molar-refractivity contribution in [2.24, 2.45) is 5.92 Å². The zero-order valence-corrected chi connectivity index (χ0v) is 17.6. The number of aromatic nitrogens is 3. The summed E-state index contributed by atoms with van der Waals surface area (Å²) < 4.78 is 69.0. The molecule has 2 unspecified atom stereocenters. The van der Waals surface area contributed by atoms with Gasteiger partial charge in [0.2, 0.25) is 5.89 Å². The second-order valence-corrected chi connectivity index (χ2v) is 8.39. The molecular formula is C20H22F4N4O4. The Balaban J connectivity index is 1.64. The minimum atomic E-state index is -4.68. The lowest BCUT2D eigenvalue weighted by Crippen LogP contribution is -2.46. The van der Waals surface area contributed by atoms with Gasteiger partial charge in [0.05, 0.1) is 18.8 Å². The predicted octanol–water partition coefficient (Wildman–Crippen LogP) is 3.35. The van der Waals surface area contributed by atoms with Crippen LogP contribution in [0.15, 0.2) is 16.8 Å². The lowest BCUT2D eigenvalue weighted by atomic mass is 9.93. The summed E-state index contributed by atoms with van der Waals surface area (Å²) in [6, 6.07) is 1.02. The Morgan fingerprint density at radius 1 is 1.34 bits per heavy atom. The molecule has 1 saturated carbocycles. The molecule has 1 saturated heterocycles. The van der Waals surface area contributed by atoms with Crippen molar-refractivity contribution in [2.45, 2.75) is 57.1 Å². The molecule has 4 rings (SSSR count). The summed E-state index contributed by atoms with van der Waals surface area (Å²) in [5.74, 6) is -0.416. The quantitative estimate of drug-likeness (QED) is 0.636. The van der Waals surface area contributed by atoms with Crippen LogP contribution in [-0.2, 0) is 15.9 Å². The predicted molar refractivity (Wildman–Crippen MR) is 101 cm³/mol. The fourth-order valence-electron chi connectivity index (χ4n) is 3.50. The largest absolute Gasteiger partial charge is 0.481 e. The lowest BCUT2D eigenvalue weighted by molar-refractivity contribution is -0.190. The number of amides is 1. The Kier molecular flexibility index (Phi) is 5.38. The number of aryl methyl sites for hydroxylation is 1. The van der Waals surface area contributed by atoms with Crippen LogP contribution in [0.4, 0.5) is 17.6 Å². The zero-order chi connectivity index (χ0) is 23.3. The molecule has 0 bridgehead atoms. The van der Waals surface area contributed by atoms with Crippen molar-refractivity contribution in [3.8, 4) is 5.75 Å². The second-order valence-electron chi connectivity index (χ2n) is 8.39. The minimum absolute atomic E-state index is 0.0601. The molecule has 174 valence electrons. The molecule has 2 aromatic heterocycles.